The minimum atomic E-state index is -0.848. The van der Waals surface area contributed by atoms with Gasteiger partial charge in [0.2, 0.25) is 0 Å². The van der Waals surface area contributed by atoms with E-state index in [1.807, 2.05) is 6.07 Å². The standard InChI is InChI=1S/C27H34N2O4.ClH/c1-27(2,15-19-13-21-7-3-4-8-22(21)14-19)29-17-24(30)18-33-26-20(10-6-12-25(31)32)9-5-11-23(26)16-28;/h3-5,7-9,11,19,24,29-30H,6,10,12-15,17-18H2,1-2H3,(H,31,32);1H/t24-;/m0./s1. The Bertz CT molecular complexity index is 977. The summed E-state index contributed by atoms with van der Waals surface area (Å²) in [4.78, 5) is 10.8. The molecule has 6 nitrogen and oxygen atoms in total. The van der Waals surface area contributed by atoms with Gasteiger partial charge in [0.25, 0.3) is 0 Å². The summed E-state index contributed by atoms with van der Waals surface area (Å²) in [5, 5.41) is 32.3. The number of aliphatic hydroxyl groups excluding tert-OH is 1. The highest BCUT2D eigenvalue weighted by atomic mass is 35.5. The van der Waals surface area contributed by atoms with Crippen molar-refractivity contribution in [1.29, 1.82) is 5.26 Å². The van der Waals surface area contributed by atoms with Crippen molar-refractivity contribution in [3.05, 3.63) is 64.7 Å². The number of hydrogen-bond donors (Lipinski definition) is 3. The van der Waals surface area contributed by atoms with Crippen LogP contribution in [0.1, 0.15) is 55.4 Å². The van der Waals surface area contributed by atoms with Gasteiger partial charge in [0.15, 0.2) is 0 Å². The number of carboxylic acids is 1. The Morgan fingerprint density at radius 3 is 2.50 bits per heavy atom. The van der Waals surface area contributed by atoms with Gasteiger partial charge in [-0.3, -0.25) is 4.79 Å². The van der Waals surface area contributed by atoms with E-state index < -0.39 is 12.1 Å². The normalized spacial score (nSPS) is 14.1. The predicted octanol–water partition coefficient (Wildman–Crippen LogP) is 4.30. The smallest absolute Gasteiger partial charge is 0.303 e. The number of carboxylic acid groups (broad SMARTS) is 1. The Hall–Kier alpha value is -2.59. The van der Waals surface area contributed by atoms with E-state index in [2.05, 4.69) is 49.5 Å². The lowest BCUT2D eigenvalue weighted by Gasteiger charge is -2.30. The molecule has 0 bridgehead atoms. The first-order valence-corrected chi connectivity index (χ1v) is 11.6. The van der Waals surface area contributed by atoms with E-state index in [1.54, 1.807) is 12.1 Å². The van der Waals surface area contributed by atoms with Gasteiger partial charge < -0.3 is 20.3 Å². The monoisotopic (exact) mass is 486 g/mol. The second kappa shape index (κ2) is 12.8. The maximum Gasteiger partial charge on any atom is 0.303 e. The Labute approximate surface area is 208 Å². The largest absolute Gasteiger partial charge is 0.489 e. The Morgan fingerprint density at radius 2 is 1.88 bits per heavy atom. The molecule has 0 heterocycles. The van der Waals surface area contributed by atoms with Crippen LogP contribution in [0.2, 0.25) is 0 Å². The first-order valence-electron chi connectivity index (χ1n) is 11.6. The molecule has 0 saturated heterocycles. The van der Waals surface area contributed by atoms with Crippen molar-refractivity contribution in [1.82, 2.24) is 5.32 Å². The highest BCUT2D eigenvalue weighted by molar-refractivity contribution is 5.85. The van der Waals surface area contributed by atoms with Gasteiger partial charge in [0, 0.05) is 18.5 Å². The number of nitriles is 1. The lowest BCUT2D eigenvalue weighted by Crippen LogP contribution is -2.46. The minimum Gasteiger partial charge on any atom is -0.489 e. The molecule has 7 heteroatoms. The molecule has 2 aromatic rings. The number of β-amino-alcohol motifs (C(OH)–C–C–N with tert-alkyl or cyclic N) is 1. The molecule has 1 aliphatic carbocycles. The van der Waals surface area contributed by atoms with Gasteiger partial charge in [0.1, 0.15) is 24.5 Å². The first kappa shape index (κ1) is 27.7. The van der Waals surface area contributed by atoms with Gasteiger partial charge in [-0.25, -0.2) is 0 Å². The van der Waals surface area contributed by atoms with Crippen LogP contribution >= 0.6 is 12.4 Å². The number of hydrogen-bond acceptors (Lipinski definition) is 5. The number of nitrogens with one attached hydrogen (secondary N) is 1. The van der Waals surface area contributed by atoms with Crippen molar-refractivity contribution < 1.29 is 19.7 Å². The second-order valence-corrected chi connectivity index (χ2v) is 9.63. The molecule has 1 aliphatic rings. The molecule has 1 atom stereocenters. The zero-order valence-corrected chi connectivity index (χ0v) is 20.7. The van der Waals surface area contributed by atoms with E-state index >= 15 is 0 Å². The molecule has 0 unspecified atom stereocenters. The summed E-state index contributed by atoms with van der Waals surface area (Å²) in [7, 11) is 0. The fraction of sp³-hybridized carbons (Fsp3) is 0.481. The Morgan fingerprint density at radius 1 is 1.21 bits per heavy atom. The van der Waals surface area contributed by atoms with E-state index in [1.165, 1.54) is 11.1 Å². The lowest BCUT2D eigenvalue weighted by molar-refractivity contribution is -0.137. The number of halogens is 1. The van der Waals surface area contributed by atoms with Gasteiger partial charge in [-0.2, -0.15) is 5.26 Å². The summed E-state index contributed by atoms with van der Waals surface area (Å²) in [5.41, 5.74) is 3.95. The van der Waals surface area contributed by atoms with Crippen LogP contribution < -0.4 is 10.1 Å². The molecule has 0 spiro atoms. The highest BCUT2D eigenvalue weighted by Gasteiger charge is 2.28. The summed E-state index contributed by atoms with van der Waals surface area (Å²) in [6, 6.07) is 16.0. The number of aliphatic carboxylic acids is 1. The fourth-order valence-corrected chi connectivity index (χ4v) is 4.69. The molecule has 0 saturated carbocycles. The van der Waals surface area contributed by atoms with Crippen molar-refractivity contribution in [3.8, 4) is 11.8 Å². The van der Waals surface area contributed by atoms with Crippen molar-refractivity contribution in [3.63, 3.8) is 0 Å². The molecule has 0 radical (unpaired) electrons. The molecular weight excluding hydrogens is 452 g/mol. The lowest BCUT2D eigenvalue weighted by atomic mass is 9.88. The van der Waals surface area contributed by atoms with Crippen LogP contribution in [-0.4, -0.2) is 41.0 Å². The third-order valence-electron chi connectivity index (χ3n) is 6.22. The van der Waals surface area contributed by atoms with Crippen LogP contribution in [-0.2, 0) is 24.1 Å². The minimum absolute atomic E-state index is 0. The van der Waals surface area contributed by atoms with Gasteiger partial charge in [-0.05, 0) is 74.6 Å². The van der Waals surface area contributed by atoms with Crippen molar-refractivity contribution in [2.24, 2.45) is 5.92 Å². The van der Waals surface area contributed by atoms with E-state index in [-0.39, 0.29) is 31.0 Å². The molecular formula is C27H35ClN2O4. The summed E-state index contributed by atoms with van der Waals surface area (Å²) in [5.74, 6) is 0.182. The number of aliphatic hydroxyl groups is 1. The molecule has 0 aliphatic heterocycles. The summed E-state index contributed by atoms with van der Waals surface area (Å²) < 4.78 is 5.86. The van der Waals surface area contributed by atoms with E-state index in [9.17, 15) is 15.2 Å². The summed E-state index contributed by atoms with van der Waals surface area (Å²) >= 11 is 0. The number of fused-ring (bicyclic) bond motifs is 1. The van der Waals surface area contributed by atoms with Crippen LogP contribution in [0.25, 0.3) is 0 Å². The maximum atomic E-state index is 10.8. The molecule has 2 aromatic carbocycles. The number of carbonyl (C=O) groups is 1. The third kappa shape index (κ3) is 8.02. The third-order valence-corrected chi connectivity index (χ3v) is 6.22. The number of nitrogens with zero attached hydrogens (tertiary/aromatic N) is 1. The molecule has 3 rings (SSSR count). The van der Waals surface area contributed by atoms with Crippen LogP contribution in [0.3, 0.4) is 0 Å². The highest BCUT2D eigenvalue weighted by Crippen LogP contribution is 2.32. The quantitative estimate of drug-likeness (QED) is 0.413. The van der Waals surface area contributed by atoms with Gasteiger partial charge in [0.05, 0.1) is 5.56 Å². The molecule has 3 N–H and O–H groups in total. The van der Waals surface area contributed by atoms with Crippen molar-refractivity contribution in [2.45, 2.75) is 64.0 Å². The Kier molecular flexibility index (Phi) is 10.4. The van der Waals surface area contributed by atoms with E-state index in [4.69, 9.17) is 9.84 Å². The maximum absolute atomic E-state index is 10.8. The van der Waals surface area contributed by atoms with Gasteiger partial charge in [-0.1, -0.05) is 36.4 Å². The Balaban J connectivity index is 0.00000408. The topological polar surface area (TPSA) is 103 Å². The van der Waals surface area contributed by atoms with Crippen LogP contribution in [0.4, 0.5) is 0 Å². The number of rotatable bonds is 12. The van der Waals surface area contributed by atoms with Crippen LogP contribution in [0.5, 0.6) is 5.75 Å². The molecule has 0 fully saturated rings. The summed E-state index contributed by atoms with van der Waals surface area (Å²) in [6.45, 7) is 4.77. The second-order valence-electron chi connectivity index (χ2n) is 9.63. The first-order chi connectivity index (χ1) is 15.8. The van der Waals surface area contributed by atoms with Gasteiger partial charge >= 0.3 is 5.97 Å². The average molecular weight is 487 g/mol. The molecule has 0 aromatic heterocycles. The molecule has 0 amide bonds. The number of aryl methyl sites for hydroxylation is 1. The number of ether oxygens (including phenoxy) is 1. The molecule has 184 valence electrons. The van der Waals surface area contributed by atoms with Crippen molar-refractivity contribution >= 4 is 18.4 Å². The van der Waals surface area contributed by atoms with Crippen molar-refractivity contribution in [2.75, 3.05) is 13.2 Å². The summed E-state index contributed by atoms with van der Waals surface area (Å²) in [6.07, 6.45) is 3.50. The van der Waals surface area contributed by atoms with E-state index in [0.29, 0.717) is 36.6 Å². The predicted molar refractivity (Wildman–Crippen MR) is 135 cm³/mol. The van der Waals surface area contributed by atoms with Gasteiger partial charge in [-0.15, -0.1) is 12.4 Å². The number of para-hydroxylation sites is 1. The zero-order valence-electron chi connectivity index (χ0n) is 19.9. The van der Waals surface area contributed by atoms with E-state index in [0.717, 1.165) is 24.8 Å². The average Bonchev–Trinajstić information content (AvgIpc) is 3.17. The SMILES string of the molecule is CC(C)(CC1Cc2ccccc2C1)NC[C@H](O)COc1c(C#N)cccc1CCCC(=O)O.Cl. The van der Waals surface area contributed by atoms with Crippen LogP contribution in [0, 0.1) is 17.2 Å². The van der Waals surface area contributed by atoms with Crippen LogP contribution in [0.15, 0.2) is 42.5 Å². The molecule has 34 heavy (non-hydrogen) atoms. The fourth-order valence-electron chi connectivity index (χ4n) is 4.69. The zero-order chi connectivity index (χ0) is 23.8. The number of benzene rings is 2.